The predicted molar refractivity (Wildman–Crippen MR) is 53.0 cm³/mol. The molecule has 1 unspecified atom stereocenters. The Morgan fingerprint density at radius 1 is 1.47 bits per heavy atom. The third kappa shape index (κ3) is 2.44. The molecule has 0 aliphatic carbocycles. The molecule has 2 aromatic heterocycles. The number of hydrogen-bond acceptors (Lipinski definition) is 5. The fraction of sp³-hybridized carbons (Fsp3) is 0.400. The first-order valence-electron chi connectivity index (χ1n) is 4.81. The molecule has 0 saturated carbocycles. The summed E-state index contributed by atoms with van der Waals surface area (Å²) in [5, 5.41) is 10.9. The summed E-state index contributed by atoms with van der Waals surface area (Å²) in [6, 6.07) is 3.92. The van der Waals surface area contributed by atoms with Gasteiger partial charge in [0, 0.05) is 6.92 Å². The SMILES string of the molecule is Cc1nnc(CNC(C)c2ccco2)o1. The minimum absolute atomic E-state index is 0.132. The summed E-state index contributed by atoms with van der Waals surface area (Å²) in [4.78, 5) is 0. The van der Waals surface area contributed by atoms with Gasteiger partial charge >= 0.3 is 0 Å². The number of aryl methyl sites for hydroxylation is 1. The zero-order valence-corrected chi connectivity index (χ0v) is 8.73. The summed E-state index contributed by atoms with van der Waals surface area (Å²) in [5.41, 5.74) is 0. The molecule has 2 heterocycles. The summed E-state index contributed by atoms with van der Waals surface area (Å²) in [6.45, 7) is 4.33. The predicted octanol–water partition coefficient (Wildman–Crippen LogP) is 1.82. The molecule has 15 heavy (non-hydrogen) atoms. The van der Waals surface area contributed by atoms with Crippen LogP contribution in [0.5, 0.6) is 0 Å². The van der Waals surface area contributed by atoms with E-state index in [2.05, 4.69) is 15.5 Å². The van der Waals surface area contributed by atoms with Crippen LogP contribution in [0, 0.1) is 6.92 Å². The normalized spacial score (nSPS) is 12.9. The Morgan fingerprint density at radius 3 is 2.93 bits per heavy atom. The quantitative estimate of drug-likeness (QED) is 0.828. The highest BCUT2D eigenvalue weighted by molar-refractivity contribution is 5.03. The molecule has 2 aromatic rings. The molecule has 5 heteroatoms. The zero-order valence-electron chi connectivity index (χ0n) is 8.73. The molecule has 0 radical (unpaired) electrons. The number of hydrogen-bond donors (Lipinski definition) is 1. The van der Waals surface area contributed by atoms with Gasteiger partial charge in [0.2, 0.25) is 11.8 Å². The van der Waals surface area contributed by atoms with Crippen molar-refractivity contribution >= 4 is 0 Å². The molecule has 5 nitrogen and oxygen atoms in total. The number of rotatable bonds is 4. The van der Waals surface area contributed by atoms with E-state index in [4.69, 9.17) is 8.83 Å². The van der Waals surface area contributed by atoms with Crippen LogP contribution in [-0.4, -0.2) is 10.2 Å². The van der Waals surface area contributed by atoms with Crippen molar-refractivity contribution in [1.29, 1.82) is 0 Å². The second kappa shape index (κ2) is 4.27. The van der Waals surface area contributed by atoms with E-state index in [-0.39, 0.29) is 6.04 Å². The van der Waals surface area contributed by atoms with Crippen molar-refractivity contribution < 1.29 is 8.83 Å². The molecule has 0 bridgehead atoms. The molecular weight excluding hydrogens is 194 g/mol. The van der Waals surface area contributed by atoms with Gasteiger partial charge in [-0.25, -0.2) is 0 Å². The van der Waals surface area contributed by atoms with Gasteiger partial charge in [-0.15, -0.1) is 10.2 Å². The first-order valence-corrected chi connectivity index (χ1v) is 4.81. The standard InChI is InChI=1S/C10H13N3O2/c1-7(9-4-3-5-14-9)11-6-10-13-12-8(2)15-10/h3-5,7,11H,6H2,1-2H3. The van der Waals surface area contributed by atoms with Crippen LogP contribution in [-0.2, 0) is 6.54 Å². The molecule has 0 aromatic carbocycles. The van der Waals surface area contributed by atoms with E-state index in [0.29, 0.717) is 18.3 Å². The molecule has 0 fully saturated rings. The summed E-state index contributed by atoms with van der Waals surface area (Å²) in [6.07, 6.45) is 1.66. The molecule has 0 aliphatic heterocycles. The monoisotopic (exact) mass is 207 g/mol. The largest absolute Gasteiger partial charge is 0.468 e. The minimum atomic E-state index is 0.132. The number of furan rings is 1. The van der Waals surface area contributed by atoms with Gasteiger partial charge < -0.3 is 8.83 Å². The average molecular weight is 207 g/mol. The Morgan fingerprint density at radius 2 is 2.33 bits per heavy atom. The highest BCUT2D eigenvalue weighted by Gasteiger charge is 2.09. The lowest BCUT2D eigenvalue weighted by Crippen LogP contribution is -2.17. The van der Waals surface area contributed by atoms with Crippen LogP contribution >= 0.6 is 0 Å². The Balaban J connectivity index is 1.88. The van der Waals surface area contributed by atoms with Crippen molar-refractivity contribution in [3.05, 3.63) is 35.9 Å². The van der Waals surface area contributed by atoms with Crippen molar-refractivity contribution in [3.8, 4) is 0 Å². The maximum atomic E-state index is 5.26. The molecule has 1 N–H and O–H groups in total. The fourth-order valence-electron chi connectivity index (χ4n) is 1.29. The van der Waals surface area contributed by atoms with E-state index in [9.17, 15) is 0 Å². The van der Waals surface area contributed by atoms with Crippen molar-refractivity contribution in [2.24, 2.45) is 0 Å². The number of nitrogens with zero attached hydrogens (tertiary/aromatic N) is 2. The first-order chi connectivity index (χ1) is 7.25. The lowest BCUT2D eigenvalue weighted by molar-refractivity contribution is 0.395. The Bertz CT molecular complexity index is 408. The lowest BCUT2D eigenvalue weighted by Gasteiger charge is -2.08. The van der Waals surface area contributed by atoms with Crippen molar-refractivity contribution in [3.63, 3.8) is 0 Å². The van der Waals surface area contributed by atoms with Crippen LogP contribution in [0.25, 0.3) is 0 Å². The zero-order chi connectivity index (χ0) is 10.7. The van der Waals surface area contributed by atoms with Gasteiger partial charge in [-0.05, 0) is 19.1 Å². The molecule has 80 valence electrons. The molecule has 0 saturated heterocycles. The molecule has 0 aliphatic rings. The third-order valence-electron chi connectivity index (χ3n) is 2.10. The molecule has 0 amide bonds. The highest BCUT2D eigenvalue weighted by atomic mass is 16.4. The Labute approximate surface area is 87.5 Å². The van der Waals surface area contributed by atoms with E-state index in [1.807, 2.05) is 19.1 Å². The van der Waals surface area contributed by atoms with Gasteiger partial charge in [-0.3, -0.25) is 5.32 Å². The molecular formula is C10H13N3O2. The fourth-order valence-corrected chi connectivity index (χ4v) is 1.29. The number of nitrogens with one attached hydrogen (secondary N) is 1. The van der Waals surface area contributed by atoms with Crippen LogP contribution < -0.4 is 5.32 Å². The van der Waals surface area contributed by atoms with Crippen LogP contribution in [0.15, 0.2) is 27.2 Å². The van der Waals surface area contributed by atoms with Crippen LogP contribution in [0.4, 0.5) is 0 Å². The second-order valence-corrected chi connectivity index (χ2v) is 3.33. The maximum absolute atomic E-state index is 5.26. The molecule has 2 rings (SSSR count). The van der Waals surface area contributed by atoms with Crippen LogP contribution in [0.2, 0.25) is 0 Å². The molecule has 0 spiro atoms. The Hall–Kier alpha value is -1.62. The second-order valence-electron chi connectivity index (χ2n) is 3.33. The van der Waals surface area contributed by atoms with Gasteiger partial charge in [0.25, 0.3) is 0 Å². The van der Waals surface area contributed by atoms with E-state index >= 15 is 0 Å². The smallest absolute Gasteiger partial charge is 0.230 e. The average Bonchev–Trinajstić information content (AvgIpc) is 2.84. The van der Waals surface area contributed by atoms with Crippen molar-refractivity contribution in [1.82, 2.24) is 15.5 Å². The van der Waals surface area contributed by atoms with Crippen LogP contribution in [0.3, 0.4) is 0 Å². The van der Waals surface area contributed by atoms with E-state index in [0.717, 1.165) is 5.76 Å². The van der Waals surface area contributed by atoms with Gasteiger partial charge in [-0.1, -0.05) is 0 Å². The van der Waals surface area contributed by atoms with Crippen molar-refractivity contribution in [2.75, 3.05) is 0 Å². The maximum Gasteiger partial charge on any atom is 0.230 e. The minimum Gasteiger partial charge on any atom is -0.468 e. The third-order valence-corrected chi connectivity index (χ3v) is 2.10. The lowest BCUT2D eigenvalue weighted by atomic mass is 10.2. The van der Waals surface area contributed by atoms with E-state index in [1.54, 1.807) is 13.2 Å². The van der Waals surface area contributed by atoms with Gasteiger partial charge in [0.15, 0.2) is 0 Å². The Kier molecular flexibility index (Phi) is 2.82. The molecule has 1 atom stereocenters. The van der Waals surface area contributed by atoms with Gasteiger partial charge in [0.05, 0.1) is 18.8 Å². The number of aromatic nitrogens is 2. The van der Waals surface area contributed by atoms with Crippen LogP contribution in [0.1, 0.15) is 30.5 Å². The van der Waals surface area contributed by atoms with Gasteiger partial charge in [-0.2, -0.15) is 0 Å². The summed E-state index contributed by atoms with van der Waals surface area (Å²) in [5.74, 6) is 2.06. The highest BCUT2D eigenvalue weighted by Crippen LogP contribution is 2.12. The van der Waals surface area contributed by atoms with Crippen molar-refractivity contribution in [2.45, 2.75) is 26.4 Å². The summed E-state index contributed by atoms with van der Waals surface area (Å²) >= 11 is 0. The first kappa shape index (κ1) is 9.92. The van der Waals surface area contributed by atoms with Gasteiger partial charge in [0.1, 0.15) is 5.76 Å². The van der Waals surface area contributed by atoms with E-state index < -0.39 is 0 Å². The summed E-state index contributed by atoms with van der Waals surface area (Å²) in [7, 11) is 0. The summed E-state index contributed by atoms with van der Waals surface area (Å²) < 4.78 is 10.5. The van der Waals surface area contributed by atoms with E-state index in [1.165, 1.54) is 0 Å². The topological polar surface area (TPSA) is 64.1 Å².